The normalized spacial score (nSPS) is 17.2. The molecule has 2 rings (SSSR count). The lowest BCUT2D eigenvalue weighted by molar-refractivity contribution is -0.136. The van der Waals surface area contributed by atoms with Crippen LogP contribution in [0.3, 0.4) is 0 Å². The molecule has 0 saturated carbocycles. The Morgan fingerprint density at radius 3 is 2.64 bits per heavy atom. The van der Waals surface area contributed by atoms with Gasteiger partial charge in [0.05, 0.1) is 5.92 Å². The van der Waals surface area contributed by atoms with Crippen LogP contribution in [0, 0.1) is 5.92 Å². The molecule has 1 atom stereocenters. The highest BCUT2D eigenvalue weighted by Gasteiger charge is 2.29. The zero-order valence-electron chi connectivity index (χ0n) is 15.1. The van der Waals surface area contributed by atoms with Crippen LogP contribution in [0.5, 0.6) is 0 Å². The van der Waals surface area contributed by atoms with Crippen LogP contribution in [-0.4, -0.2) is 53.5 Å². The van der Waals surface area contributed by atoms with Gasteiger partial charge in [0.2, 0.25) is 5.91 Å². The number of hydrogen-bond acceptors (Lipinski definition) is 2. The summed E-state index contributed by atoms with van der Waals surface area (Å²) in [7, 11) is 0. The van der Waals surface area contributed by atoms with E-state index in [1.807, 2.05) is 43.0 Å². The highest BCUT2D eigenvalue weighted by molar-refractivity contribution is 7.80. The summed E-state index contributed by atoms with van der Waals surface area (Å²) in [6, 6.07) is 7.88. The van der Waals surface area contributed by atoms with E-state index in [1.54, 1.807) is 0 Å². The van der Waals surface area contributed by atoms with Crippen LogP contribution in [-0.2, 0) is 11.2 Å². The van der Waals surface area contributed by atoms with E-state index in [2.05, 4.69) is 10.2 Å². The summed E-state index contributed by atoms with van der Waals surface area (Å²) >= 11 is 11.4. The molecular formula is C19H28ClN3OS. The first-order chi connectivity index (χ1) is 12.0. The van der Waals surface area contributed by atoms with Gasteiger partial charge in [-0.3, -0.25) is 4.79 Å². The maximum Gasteiger partial charge on any atom is 0.227 e. The highest BCUT2D eigenvalue weighted by Crippen LogP contribution is 2.19. The van der Waals surface area contributed by atoms with Crippen LogP contribution in [0.4, 0.5) is 0 Å². The molecule has 138 valence electrons. The van der Waals surface area contributed by atoms with Gasteiger partial charge in [-0.15, -0.1) is 0 Å². The Labute approximate surface area is 161 Å². The number of halogens is 1. The van der Waals surface area contributed by atoms with Gasteiger partial charge in [0, 0.05) is 37.7 Å². The average molecular weight is 382 g/mol. The lowest BCUT2D eigenvalue weighted by atomic mass is 9.96. The van der Waals surface area contributed by atoms with Gasteiger partial charge in [-0.2, -0.15) is 0 Å². The van der Waals surface area contributed by atoms with Crippen LogP contribution in [0.25, 0.3) is 0 Å². The third kappa shape index (κ3) is 5.86. The van der Waals surface area contributed by atoms with Crippen molar-refractivity contribution < 1.29 is 4.79 Å². The minimum atomic E-state index is 0.0599. The molecule has 1 amide bonds. The maximum absolute atomic E-state index is 12.6. The standard InChI is InChI=1S/C19H28ClN3OS/c1-3-22(4-2)18(24)16-6-5-13-23(14-16)19(25)21-12-11-15-7-9-17(20)10-8-15/h7-10,16H,3-6,11-14H2,1-2H3,(H,21,25). The second kappa shape index (κ2) is 9.97. The van der Waals surface area contributed by atoms with E-state index in [4.69, 9.17) is 23.8 Å². The molecule has 1 N–H and O–H groups in total. The van der Waals surface area contributed by atoms with Gasteiger partial charge in [0.25, 0.3) is 0 Å². The predicted octanol–water partition coefficient (Wildman–Crippen LogP) is 3.34. The Morgan fingerprint density at radius 2 is 2.00 bits per heavy atom. The molecule has 1 aromatic rings. The first-order valence-electron chi connectivity index (χ1n) is 9.11. The number of rotatable bonds is 6. The Bertz CT molecular complexity index is 575. The SMILES string of the molecule is CCN(CC)C(=O)C1CCCN(C(=S)NCCc2ccc(Cl)cc2)C1. The third-order valence-electron chi connectivity index (χ3n) is 4.74. The summed E-state index contributed by atoms with van der Waals surface area (Å²) in [4.78, 5) is 16.6. The van der Waals surface area contributed by atoms with E-state index in [-0.39, 0.29) is 11.8 Å². The molecule has 0 aliphatic carbocycles. The van der Waals surface area contributed by atoms with E-state index in [9.17, 15) is 4.79 Å². The molecule has 1 aromatic carbocycles. The number of thiocarbonyl (C=S) groups is 1. The fourth-order valence-corrected chi connectivity index (χ4v) is 3.63. The second-order valence-corrected chi connectivity index (χ2v) is 7.23. The summed E-state index contributed by atoms with van der Waals surface area (Å²) < 4.78 is 0. The van der Waals surface area contributed by atoms with Crippen LogP contribution >= 0.6 is 23.8 Å². The Balaban J connectivity index is 1.80. The Kier molecular flexibility index (Phi) is 7.97. The largest absolute Gasteiger partial charge is 0.362 e. The molecule has 0 spiro atoms. The minimum absolute atomic E-state index is 0.0599. The van der Waals surface area contributed by atoms with Crippen molar-refractivity contribution in [2.75, 3.05) is 32.7 Å². The first-order valence-corrected chi connectivity index (χ1v) is 9.89. The van der Waals surface area contributed by atoms with Crippen molar-refractivity contribution >= 4 is 34.8 Å². The summed E-state index contributed by atoms with van der Waals surface area (Å²) in [6.45, 7) is 8.05. The monoisotopic (exact) mass is 381 g/mol. The third-order valence-corrected chi connectivity index (χ3v) is 5.39. The molecule has 1 heterocycles. The van der Waals surface area contributed by atoms with Gasteiger partial charge in [-0.05, 0) is 63.0 Å². The van der Waals surface area contributed by atoms with Gasteiger partial charge in [0.15, 0.2) is 5.11 Å². The van der Waals surface area contributed by atoms with Crippen molar-refractivity contribution in [2.45, 2.75) is 33.1 Å². The van der Waals surface area contributed by atoms with Crippen molar-refractivity contribution in [3.05, 3.63) is 34.9 Å². The van der Waals surface area contributed by atoms with Gasteiger partial charge in [-0.25, -0.2) is 0 Å². The van der Waals surface area contributed by atoms with E-state index in [0.29, 0.717) is 0 Å². The van der Waals surface area contributed by atoms with E-state index in [1.165, 1.54) is 5.56 Å². The van der Waals surface area contributed by atoms with Crippen LogP contribution in [0.2, 0.25) is 5.02 Å². The number of likely N-dealkylation sites (tertiary alicyclic amines) is 1. The zero-order chi connectivity index (χ0) is 18.2. The molecular weight excluding hydrogens is 354 g/mol. The van der Waals surface area contributed by atoms with Crippen molar-refractivity contribution in [3.63, 3.8) is 0 Å². The number of amides is 1. The minimum Gasteiger partial charge on any atom is -0.362 e. The van der Waals surface area contributed by atoms with E-state index < -0.39 is 0 Å². The Morgan fingerprint density at radius 1 is 1.32 bits per heavy atom. The summed E-state index contributed by atoms with van der Waals surface area (Å²) in [5, 5.41) is 4.84. The number of carbonyl (C=O) groups is 1. The smallest absolute Gasteiger partial charge is 0.227 e. The predicted molar refractivity (Wildman–Crippen MR) is 108 cm³/mol. The topological polar surface area (TPSA) is 35.6 Å². The molecule has 25 heavy (non-hydrogen) atoms. The van der Waals surface area contributed by atoms with E-state index >= 15 is 0 Å². The van der Waals surface area contributed by atoms with Crippen molar-refractivity contribution in [2.24, 2.45) is 5.92 Å². The van der Waals surface area contributed by atoms with Gasteiger partial charge >= 0.3 is 0 Å². The first kappa shape index (κ1) is 20.0. The van der Waals surface area contributed by atoms with Gasteiger partial charge in [0.1, 0.15) is 0 Å². The van der Waals surface area contributed by atoms with Crippen molar-refractivity contribution in [1.29, 1.82) is 0 Å². The maximum atomic E-state index is 12.6. The van der Waals surface area contributed by atoms with Crippen LogP contribution in [0.1, 0.15) is 32.3 Å². The molecule has 4 nitrogen and oxygen atoms in total. The molecule has 0 radical (unpaired) electrons. The number of nitrogens with zero attached hydrogens (tertiary/aromatic N) is 2. The number of benzene rings is 1. The summed E-state index contributed by atoms with van der Waals surface area (Å²) in [5.74, 6) is 0.323. The van der Waals surface area contributed by atoms with Gasteiger partial charge < -0.3 is 15.1 Å². The number of carbonyl (C=O) groups excluding carboxylic acids is 1. The van der Waals surface area contributed by atoms with Gasteiger partial charge in [-0.1, -0.05) is 23.7 Å². The molecule has 1 aliphatic rings. The van der Waals surface area contributed by atoms with Crippen molar-refractivity contribution in [3.8, 4) is 0 Å². The fourth-order valence-electron chi connectivity index (χ4n) is 3.23. The van der Waals surface area contributed by atoms with E-state index in [0.717, 1.165) is 62.1 Å². The molecule has 1 unspecified atom stereocenters. The lowest BCUT2D eigenvalue weighted by Gasteiger charge is -2.36. The molecule has 1 fully saturated rings. The Hall–Kier alpha value is -1.33. The number of hydrogen-bond donors (Lipinski definition) is 1. The summed E-state index contributed by atoms with van der Waals surface area (Å²) in [6.07, 6.45) is 2.86. The lowest BCUT2D eigenvalue weighted by Crippen LogP contribution is -2.49. The summed E-state index contributed by atoms with van der Waals surface area (Å²) in [5.41, 5.74) is 1.23. The van der Waals surface area contributed by atoms with Crippen LogP contribution in [0.15, 0.2) is 24.3 Å². The average Bonchev–Trinajstić information content (AvgIpc) is 2.64. The molecule has 0 aromatic heterocycles. The molecule has 1 aliphatic heterocycles. The highest BCUT2D eigenvalue weighted by atomic mass is 35.5. The molecule has 6 heteroatoms. The second-order valence-electron chi connectivity index (χ2n) is 6.40. The van der Waals surface area contributed by atoms with Crippen LogP contribution < -0.4 is 5.32 Å². The number of piperidine rings is 1. The molecule has 1 saturated heterocycles. The molecule has 0 bridgehead atoms. The zero-order valence-corrected chi connectivity index (χ0v) is 16.7. The number of nitrogens with one attached hydrogen (secondary N) is 1. The quantitative estimate of drug-likeness (QED) is 0.766. The van der Waals surface area contributed by atoms with Crippen molar-refractivity contribution in [1.82, 2.24) is 15.1 Å². The fraction of sp³-hybridized carbons (Fsp3) is 0.579.